The van der Waals surface area contributed by atoms with Gasteiger partial charge in [0.25, 0.3) is 5.91 Å². The third kappa shape index (κ3) is 7.05. The van der Waals surface area contributed by atoms with Gasteiger partial charge in [0.1, 0.15) is 18.1 Å². The Bertz CT molecular complexity index is 1220. The van der Waals surface area contributed by atoms with Crippen molar-refractivity contribution in [3.05, 3.63) is 48.4 Å². The lowest BCUT2D eigenvalue weighted by molar-refractivity contribution is -0.142. The highest BCUT2D eigenvalue weighted by Crippen LogP contribution is 2.26. The first-order chi connectivity index (χ1) is 19.6. The molecule has 12 heteroatoms. The van der Waals surface area contributed by atoms with E-state index in [0.717, 1.165) is 56.6 Å². The second-order valence-electron chi connectivity index (χ2n) is 10.2. The van der Waals surface area contributed by atoms with E-state index in [9.17, 15) is 9.59 Å². The molecular weight excluding hydrogens is 514 g/mol. The van der Waals surface area contributed by atoms with Gasteiger partial charge in [-0.25, -0.2) is 0 Å². The minimum atomic E-state index is -0.891. The Labute approximate surface area is 233 Å². The molecule has 1 aromatic carbocycles. The monoisotopic (exact) mass is 551 g/mol. The second kappa shape index (κ2) is 13.5. The number of nitrogens with one attached hydrogen (secondary N) is 1. The van der Waals surface area contributed by atoms with Crippen molar-refractivity contribution >= 4 is 11.8 Å². The summed E-state index contributed by atoms with van der Waals surface area (Å²) in [6, 6.07) is 10.00. The summed E-state index contributed by atoms with van der Waals surface area (Å²) in [6.45, 7) is 4.13. The Hall–Kier alpha value is -3.77. The smallest absolute Gasteiger partial charge is 0.250 e. The number of methoxy groups -OCH3 is 1. The Morgan fingerprint density at radius 2 is 1.93 bits per heavy atom. The van der Waals surface area contributed by atoms with Crippen LogP contribution in [0.25, 0.3) is 11.4 Å². The summed E-state index contributed by atoms with van der Waals surface area (Å²) in [5.41, 5.74) is 0.756. The van der Waals surface area contributed by atoms with Crippen LogP contribution in [-0.4, -0.2) is 94.4 Å². The number of nitrogens with zero attached hydrogens (tertiary/aromatic N) is 6. The first kappa shape index (κ1) is 27.8. The van der Waals surface area contributed by atoms with Crippen LogP contribution >= 0.6 is 0 Å². The van der Waals surface area contributed by atoms with Gasteiger partial charge in [0, 0.05) is 37.8 Å². The van der Waals surface area contributed by atoms with E-state index in [1.807, 2.05) is 24.3 Å². The topological polar surface area (TPSA) is 128 Å². The van der Waals surface area contributed by atoms with Gasteiger partial charge in [-0.3, -0.25) is 14.5 Å². The van der Waals surface area contributed by atoms with E-state index < -0.39 is 6.04 Å². The zero-order valence-corrected chi connectivity index (χ0v) is 22.9. The van der Waals surface area contributed by atoms with Gasteiger partial charge in [0.2, 0.25) is 11.7 Å². The Balaban J connectivity index is 1.34. The van der Waals surface area contributed by atoms with Crippen LogP contribution in [-0.2, 0) is 20.9 Å². The number of furan rings is 1. The van der Waals surface area contributed by atoms with Crippen molar-refractivity contribution in [2.45, 2.75) is 50.7 Å². The molecule has 2 aromatic heterocycles. The summed E-state index contributed by atoms with van der Waals surface area (Å²) in [5, 5.41) is 15.8. The number of carbonyl (C=O) groups excluding carboxylic acids is 2. The van der Waals surface area contributed by atoms with Gasteiger partial charge in [-0.15, -0.1) is 10.2 Å². The molecule has 0 spiro atoms. The summed E-state index contributed by atoms with van der Waals surface area (Å²) in [4.78, 5) is 32.7. The Morgan fingerprint density at radius 1 is 1.15 bits per heavy atom. The van der Waals surface area contributed by atoms with Crippen LogP contribution in [0.3, 0.4) is 0 Å². The number of amides is 2. The fourth-order valence-corrected chi connectivity index (χ4v) is 5.29. The SMILES string of the molecule is COc1ccc(-c2nnn(CC(=O)N(CCCN3CCOCC3)[C@@H](C(=O)NC3CCCC3)c3ccco3)n2)cc1. The number of ether oxygens (including phenoxy) is 2. The molecular formula is C28H37N7O5. The fraction of sp³-hybridized carbons (Fsp3) is 0.536. The summed E-state index contributed by atoms with van der Waals surface area (Å²) in [6.07, 6.45) is 6.29. The van der Waals surface area contributed by atoms with Crippen LogP contribution in [0.4, 0.5) is 0 Å². The van der Waals surface area contributed by atoms with Gasteiger partial charge in [0.05, 0.1) is 26.6 Å². The van der Waals surface area contributed by atoms with Gasteiger partial charge in [-0.1, -0.05) is 12.8 Å². The van der Waals surface area contributed by atoms with Gasteiger partial charge < -0.3 is 24.1 Å². The van der Waals surface area contributed by atoms with E-state index in [-0.39, 0.29) is 24.4 Å². The molecule has 1 atom stereocenters. The van der Waals surface area contributed by atoms with Gasteiger partial charge in [0.15, 0.2) is 6.04 Å². The predicted octanol–water partition coefficient (Wildman–Crippen LogP) is 2.29. The Morgan fingerprint density at radius 3 is 2.62 bits per heavy atom. The second-order valence-corrected chi connectivity index (χ2v) is 10.2. The molecule has 2 aliphatic rings. The molecule has 1 aliphatic heterocycles. The lowest BCUT2D eigenvalue weighted by Gasteiger charge is -2.32. The summed E-state index contributed by atoms with van der Waals surface area (Å²) in [7, 11) is 1.60. The number of hydrogen-bond acceptors (Lipinski definition) is 9. The van der Waals surface area contributed by atoms with E-state index in [1.54, 1.807) is 24.1 Å². The highest BCUT2D eigenvalue weighted by molar-refractivity contribution is 5.88. The molecule has 1 saturated carbocycles. The van der Waals surface area contributed by atoms with Crippen LogP contribution in [0.2, 0.25) is 0 Å². The van der Waals surface area contributed by atoms with E-state index in [2.05, 4.69) is 25.6 Å². The maximum absolute atomic E-state index is 13.8. The predicted molar refractivity (Wildman–Crippen MR) is 145 cm³/mol. The lowest BCUT2D eigenvalue weighted by atomic mass is 10.1. The molecule has 40 heavy (non-hydrogen) atoms. The fourth-order valence-electron chi connectivity index (χ4n) is 5.29. The molecule has 2 fully saturated rings. The largest absolute Gasteiger partial charge is 0.497 e. The lowest BCUT2D eigenvalue weighted by Crippen LogP contribution is -2.48. The van der Waals surface area contributed by atoms with E-state index >= 15 is 0 Å². The third-order valence-electron chi connectivity index (χ3n) is 7.45. The molecule has 2 amide bonds. The minimum Gasteiger partial charge on any atom is -0.497 e. The molecule has 1 N–H and O–H groups in total. The maximum atomic E-state index is 13.8. The number of aromatic nitrogens is 4. The zero-order valence-electron chi connectivity index (χ0n) is 22.9. The molecule has 1 saturated heterocycles. The highest BCUT2D eigenvalue weighted by Gasteiger charge is 2.35. The average molecular weight is 552 g/mol. The van der Waals surface area contributed by atoms with E-state index in [4.69, 9.17) is 13.9 Å². The number of morpholine rings is 1. The van der Waals surface area contributed by atoms with Gasteiger partial charge in [-0.2, -0.15) is 4.80 Å². The summed E-state index contributed by atoms with van der Waals surface area (Å²) in [5.74, 6) is 1.03. The highest BCUT2D eigenvalue weighted by atomic mass is 16.5. The maximum Gasteiger partial charge on any atom is 0.250 e. The summed E-state index contributed by atoms with van der Waals surface area (Å²) >= 11 is 0. The van der Waals surface area contributed by atoms with Gasteiger partial charge in [-0.05, 0) is 60.9 Å². The minimum absolute atomic E-state index is 0.110. The molecule has 3 aromatic rings. The number of carbonyl (C=O) groups is 2. The number of hydrogen-bond donors (Lipinski definition) is 1. The van der Waals surface area contributed by atoms with Crippen molar-refractivity contribution in [1.82, 2.24) is 35.3 Å². The molecule has 3 heterocycles. The first-order valence-electron chi connectivity index (χ1n) is 14.0. The number of rotatable bonds is 12. The van der Waals surface area contributed by atoms with Crippen molar-refractivity contribution in [1.29, 1.82) is 0 Å². The van der Waals surface area contributed by atoms with Crippen LogP contribution in [0, 0.1) is 0 Å². The van der Waals surface area contributed by atoms with Crippen LogP contribution < -0.4 is 10.1 Å². The first-order valence-corrected chi connectivity index (χ1v) is 14.0. The molecule has 214 valence electrons. The normalized spacial score (nSPS) is 17.0. The van der Waals surface area contributed by atoms with Crippen LogP contribution in [0.15, 0.2) is 47.1 Å². The van der Waals surface area contributed by atoms with E-state index in [0.29, 0.717) is 37.8 Å². The standard InChI is InChI=1S/C28H37N7O5/c1-38-23-11-9-21(10-12-23)27-30-32-35(31-27)20-25(36)34(14-5-13-33-15-18-39-19-16-33)26(24-8-4-17-40-24)28(37)29-22-6-2-3-7-22/h4,8-12,17,22,26H,2-3,5-7,13-16,18-20H2,1H3,(H,29,37)/t26-/m1/s1. The van der Waals surface area contributed by atoms with Crippen molar-refractivity contribution < 1.29 is 23.5 Å². The van der Waals surface area contributed by atoms with Crippen molar-refractivity contribution in [2.24, 2.45) is 0 Å². The van der Waals surface area contributed by atoms with Crippen molar-refractivity contribution in [3.63, 3.8) is 0 Å². The quantitative estimate of drug-likeness (QED) is 0.361. The molecule has 0 radical (unpaired) electrons. The summed E-state index contributed by atoms with van der Waals surface area (Å²) < 4.78 is 16.4. The zero-order chi connectivity index (χ0) is 27.7. The van der Waals surface area contributed by atoms with Crippen molar-refractivity contribution in [2.75, 3.05) is 46.5 Å². The van der Waals surface area contributed by atoms with Crippen molar-refractivity contribution in [3.8, 4) is 17.1 Å². The molecule has 0 bridgehead atoms. The third-order valence-corrected chi connectivity index (χ3v) is 7.45. The average Bonchev–Trinajstić information content (AvgIpc) is 3.77. The molecule has 5 rings (SSSR count). The molecule has 1 aliphatic carbocycles. The Kier molecular flexibility index (Phi) is 9.40. The number of benzene rings is 1. The molecule has 0 unspecified atom stereocenters. The number of tetrazole rings is 1. The van der Waals surface area contributed by atoms with Crippen LogP contribution in [0.5, 0.6) is 5.75 Å². The van der Waals surface area contributed by atoms with E-state index in [1.165, 1.54) is 11.1 Å². The van der Waals surface area contributed by atoms with Gasteiger partial charge >= 0.3 is 0 Å². The molecule has 12 nitrogen and oxygen atoms in total. The van der Waals surface area contributed by atoms with Crippen LogP contribution in [0.1, 0.15) is 43.9 Å².